The number of rotatable bonds is 5. The van der Waals surface area contributed by atoms with Crippen LogP contribution in [0.2, 0.25) is 0 Å². The molecule has 0 radical (unpaired) electrons. The van der Waals surface area contributed by atoms with Gasteiger partial charge in [0.05, 0.1) is 48.0 Å². The van der Waals surface area contributed by atoms with E-state index in [0.29, 0.717) is 24.5 Å². The van der Waals surface area contributed by atoms with E-state index in [9.17, 15) is 5.26 Å². The van der Waals surface area contributed by atoms with Gasteiger partial charge in [-0.3, -0.25) is 0 Å². The zero-order valence-corrected chi connectivity index (χ0v) is 18.1. The van der Waals surface area contributed by atoms with Crippen molar-refractivity contribution in [1.82, 2.24) is 9.97 Å². The molecule has 1 fully saturated rings. The van der Waals surface area contributed by atoms with Gasteiger partial charge >= 0.3 is 0 Å². The van der Waals surface area contributed by atoms with Crippen molar-refractivity contribution < 1.29 is 4.74 Å². The Bertz CT molecular complexity index is 1230. The molecule has 1 aliphatic heterocycles. The van der Waals surface area contributed by atoms with E-state index < -0.39 is 0 Å². The van der Waals surface area contributed by atoms with Crippen LogP contribution in [-0.4, -0.2) is 30.2 Å². The van der Waals surface area contributed by atoms with Gasteiger partial charge in [0.1, 0.15) is 17.4 Å². The van der Waals surface area contributed by atoms with Crippen molar-refractivity contribution >= 4 is 22.4 Å². The molecule has 0 saturated carbocycles. The first kappa shape index (κ1) is 20.4. The molecule has 0 aliphatic carbocycles. The fraction of sp³-hybridized carbons (Fsp3) is 0.333. The number of nitriles is 2. The molecule has 1 aromatic heterocycles. The number of fused-ring (bicyclic) bond motifs is 1. The predicted molar refractivity (Wildman–Crippen MR) is 120 cm³/mol. The van der Waals surface area contributed by atoms with Crippen LogP contribution < -0.4 is 15.0 Å². The number of aromatic nitrogens is 2. The highest BCUT2D eigenvalue weighted by molar-refractivity contribution is 5.94. The van der Waals surface area contributed by atoms with Crippen molar-refractivity contribution in [3.8, 4) is 17.9 Å². The van der Waals surface area contributed by atoms with Crippen molar-refractivity contribution in [1.29, 1.82) is 10.5 Å². The molecule has 1 aliphatic rings. The molecule has 2 heterocycles. The van der Waals surface area contributed by atoms with E-state index in [4.69, 9.17) is 10.00 Å². The summed E-state index contributed by atoms with van der Waals surface area (Å²) >= 11 is 0. The van der Waals surface area contributed by atoms with Crippen molar-refractivity contribution in [3.63, 3.8) is 0 Å². The van der Waals surface area contributed by atoms with Gasteiger partial charge in [-0.1, -0.05) is 12.1 Å². The summed E-state index contributed by atoms with van der Waals surface area (Å²) < 4.78 is 5.61. The summed E-state index contributed by atoms with van der Waals surface area (Å²) in [6.45, 7) is 7.26. The topological polar surface area (TPSA) is 97.9 Å². The SMILES string of the molecule is COc1cc2nc(C)nc(NC(C)c3cccc(C#N)c3C)c2cc1N1CC(C#N)C1. The highest BCUT2D eigenvalue weighted by Gasteiger charge is 2.29. The first-order valence-corrected chi connectivity index (χ1v) is 10.2. The maximum absolute atomic E-state index is 9.36. The number of hydrogen-bond acceptors (Lipinski definition) is 7. The van der Waals surface area contributed by atoms with E-state index >= 15 is 0 Å². The second-order valence-corrected chi connectivity index (χ2v) is 7.89. The van der Waals surface area contributed by atoms with Gasteiger partial charge in [0.25, 0.3) is 0 Å². The van der Waals surface area contributed by atoms with Crippen LogP contribution in [0.1, 0.15) is 35.5 Å². The largest absolute Gasteiger partial charge is 0.495 e. The monoisotopic (exact) mass is 412 g/mol. The van der Waals surface area contributed by atoms with Crippen molar-refractivity contribution in [3.05, 3.63) is 52.8 Å². The third-order valence-corrected chi connectivity index (χ3v) is 5.83. The lowest BCUT2D eigenvalue weighted by atomic mass is 9.98. The van der Waals surface area contributed by atoms with Crippen molar-refractivity contribution in [2.24, 2.45) is 5.92 Å². The molecule has 1 unspecified atom stereocenters. The molecular weight excluding hydrogens is 388 g/mol. The molecule has 4 rings (SSSR count). The summed E-state index contributed by atoms with van der Waals surface area (Å²) in [6.07, 6.45) is 0. The van der Waals surface area contributed by atoms with E-state index in [2.05, 4.69) is 39.2 Å². The lowest BCUT2D eigenvalue weighted by molar-refractivity contribution is 0.408. The van der Waals surface area contributed by atoms with Gasteiger partial charge in [-0.25, -0.2) is 9.97 Å². The first-order valence-electron chi connectivity index (χ1n) is 10.2. The molecule has 31 heavy (non-hydrogen) atoms. The van der Waals surface area contributed by atoms with Crippen molar-refractivity contribution in [2.75, 3.05) is 30.4 Å². The summed E-state index contributed by atoms with van der Waals surface area (Å²) in [5.74, 6) is 2.17. The van der Waals surface area contributed by atoms with Crippen LogP contribution in [0.5, 0.6) is 5.75 Å². The number of nitrogens with zero attached hydrogens (tertiary/aromatic N) is 5. The minimum Gasteiger partial charge on any atom is -0.495 e. The second-order valence-electron chi connectivity index (χ2n) is 7.89. The van der Waals surface area contributed by atoms with Crippen LogP contribution in [0, 0.1) is 42.4 Å². The average Bonchev–Trinajstić information content (AvgIpc) is 2.72. The molecule has 7 heteroatoms. The van der Waals surface area contributed by atoms with Crippen LogP contribution in [-0.2, 0) is 0 Å². The van der Waals surface area contributed by atoms with Crippen molar-refractivity contribution in [2.45, 2.75) is 26.8 Å². The highest BCUT2D eigenvalue weighted by atomic mass is 16.5. The number of ether oxygens (including phenoxy) is 1. The number of benzene rings is 2. The Morgan fingerprint density at radius 1 is 1.19 bits per heavy atom. The number of anilines is 2. The number of aryl methyl sites for hydroxylation is 1. The Labute approximate surface area is 181 Å². The van der Waals surface area contributed by atoms with E-state index in [0.717, 1.165) is 39.3 Å². The molecule has 0 spiro atoms. The van der Waals surface area contributed by atoms with Gasteiger partial charge in [-0.2, -0.15) is 10.5 Å². The predicted octanol–water partition coefficient (Wildman–Crippen LogP) is 4.26. The normalized spacial score (nSPS) is 14.5. The maximum Gasteiger partial charge on any atom is 0.144 e. The number of hydrogen-bond donors (Lipinski definition) is 1. The van der Waals surface area contributed by atoms with Crippen LogP contribution >= 0.6 is 0 Å². The molecular formula is C24H24N6O. The first-order chi connectivity index (χ1) is 14.9. The molecule has 0 amide bonds. The van der Waals surface area contributed by atoms with E-state index in [1.54, 1.807) is 7.11 Å². The van der Waals surface area contributed by atoms with E-state index in [-0.39, 0.29) is 12.0 Å². The third kappa shape index (κ3) is 3.71. The summed E-state index contributed by atoms with van der Waals surface area (Å²) in [7, 11) is 1.65. The second kappa shape index (κ2) is 8.12. The molecule has 0 bridgehead atoms. The molecule has 1 N–H and O–H groups in total. The zero-order valence-electron chi connectivity index (χ0n) is 18.1. The molecule has 1 atom stereocenters. The van der Waals surface area contributed by atoms with Crippen LogP contribution in [0.15, 0.2) is 30.3 Å². The molecule has 1 saturated heterocycles. The average molecular weight is 412 g/mol. The Morgan fingerprint density at radius 3 is 2.65 bits per heavy atom. The van der Waals surface area contributed by atoms with Gasteiger partial charge in [0.15, 0.2) is 0 Å². The molecule has 7 nitrogen and oxygen atoms in total. The standard InChI is InChI=1S/C24H24N6O/c1-14-18(11-26)6-5-7-19(14)15(2)27-24-20-8-22(30-12-17(10-25)13-30)23(31-4)9-21(20)28-16(3)29-24/h5-9,15,17H,12-13H2,1-4H3,(H,27,28,29). The Balaban J connectivity index is 1.75. The highest BCUT2D eigenvalue weighted by Crippen LogP contribution is 2.38. The summed E-state index contributed by atoms with van der Waals surface area (Å²) in [6, 6.07) is 14.2. The maximum atomic E-state index is 9.36. The fourth-order valence-electron chi connectivity index (χ4n) is 4.07. The summed E-state index contributed by atoms with van der Waals surface area (Å²) in [4.78, 5) is 11.4. The van der Waals surface area contributed by atoms with Crippen LogP contribution in [0.3, 0.4) is 0 Å². The Morgan fingerprint density at radius 2 is 1.97 bits per heavy atom. The van der Waals surface area contributed by atoms with Crippen LogP contribution in [0.4, 0.5) is 11.5 Å². The lowest BCUT2D eigenvalue weighted by Crippen LogP contribution is -2.46. The van der Waals surface area contributed by atoms with E-state index in [1.807, 2.05) is 44.2 Å². The minimum atomic E-state index is -0.0525. The molecule has 3 aromatic rings. The number of nitrogens with one attached hydrogen (secondary N) is 1. The smallest absolute Gasteiger partial charge is 0.144 e. The molecule has 2 aromatic carbocycles. The minimum absolute atomic E-state index is 0.0441. The quantitative estimate of drug-likeness (QED) is 0.668. The van der Waals surface area contributed by atoms with Crippen LogP contribution in [0.25, 0.3) is 10.9 Å². The van der Waals surface area contributed by atoms with Gasteiger partial charge in [-0.15, -0.1) is 0 Å². The number of methoxy groups -OCH3 is 1. The Kier molecular flexibility index (Phi) is 5.35. The van der Waals surface area contributed by atoms with Gasteiger partial charge in [-0.05, 0) is 44.0 Å². The van der Waals surface area contributed by atoms with Gasteiger partial charge in [0, 0.05) is 24.5 Å². The van der Waals surface area contributed by atoms with Gasteiger partial charge < -0.3 is 15.0 Å². The zero-order chi connectivity index (χ0) is 22.1. The third-order valence-electron chi connectivity index (χ3n) is 5.83. The van der Waals surface area contributed by atoms with Gasteiger partial charge in [0.2, 0.25) is 0 Å². The molecule has 156 valence electrons. The summed E-state index contributed by atoms with van der Waals surface area (Å²) in [5.41, 5.74) is 4.42. The lowest BCUT2D eigenvalue weighted by Gasteiger charge is -2.38. The summed E-state index contributed by atoms with van der Waals surface area (Å²) in [5, 5.41) is 22.9. The fourth-order valence-corrected chi connectivity index (χ4v) is 4.07. The van der Waals surface area contributed by atoms with E-state index in [1.165, 1.54) is 0 Å². The Hall–Kier alpha value is -3.84.